The highest BCUT2D eigenvalue weighted by atomic mass is 15.1. The van der Waals surface area contributed by atoms with Crippen LogP contribution in [0.4, 0.5) is 0 Å². The Kier molecular flexibility index (Phi) is 17.2. The maximum Gasteiger partial charge on any atom is 0.106 e. The fraction of sp³-hybridized carbons (Fsp3) is 0.893. The summed E-state index contributed by atoms with van der Waals surface area (Å²) in [5, 5.41) is 0. The summed E-state index contributed by atoms with van der Waals surface area (Å²) >= 11 is 0. The fourth-order valence-corrected chi connectivity index (χ4v) is 4.62. The molecule has 0 saturated carbocycles. The molecule has 0 saturated heterocycles. The van der Waals surface area contributed by atoms with Crippen molar-refractivity contribution in [2.45, 2.75) is 162 Å². The summed E-state index contributed by atoms with van der Waals surface area (Å²) in [6, 6.07) is 0.596. The topological polar surface area (TPSA) is 17.8 Å². The maximum atomic E-state index is 4.86. The quantitative estimate of drug-likeness (QED) is 0.182. The van der Waals surface area contributed by atoms with Crippen LogP contribution in [0.25, 0.3) is 0 Å². The fourth-order valence-electron chi connectivity index (χ4n) is 4.62. The van der Waals surface area contributed by atoms with E-state index in [4.69, 9.17) is 4.98 Å². The summed E-state index contributed by atoms with van der Waals surface area (Å²) in [6.45, 7) is 9.15. The molecule has 0 amide bonds. The predicted molar refractivity (Wildman–Crippen MR) is 134 cm³/mol. The first-order valence-electron chi connectivity index (χ1n) is 13.7. The Hall–Kier alpha value is -0.790. The molecule has 0 aliphatic rings. The van der Waals surface area contributed by atoms with Crippen molar-refractivity contribution >= 4 is 0 Å². The summed E-state index contributed by atoms with van der Waals surface area (Å²) in [6.07, 6.45) is 30.1. The first kappa shape index (κ1) is 27.2. The lowest BCUT2D eigenvalue weighted by atomic mass is 10.0. The zero-order valence-electron chi connectivity index (χ0n) is 21.2. The minimum absolute atomic E-state index is 0.596. The van der Waals surface area contributed by atoms with Gasteiger partial charge in [-0.1, -0.05) is 123 Å². The van der Waals surface area contributed by atoms with E-state index in [2.05, 4.69) is 38.5 Å². The average Bonchev–Trinajstić information content (AvgIpc) is 3.11. The van der Waals surface area contributed by atoms with Gasteiger partial charge in [0.15, 0.2) is 0 Å². The Balaban J connectivity index is 2.08. The van der Waals surface area contributed by atoms with Crippen LogP contribution < -0.4 is 0 Å². The van der Waals surface area contributed by atoms with Crippen molar-refractivity contribution in [1.29, 1.82) is 0 Å². The molecule has 0 fully saturated rings. The zero-order valence-corrected chi connectivity index (χ0v) is 21.2. The molecule has 0 radical (unpaired) electrons. The molecule has 2 heteroatoms. The monoisotopic (exact) mass is 418 g/mol. The van der Waals surface area contributed by atoms with Crippen LogP contribution in [0.1, 0.15) is 160 Å². The van der Waals surface area contributed by atoms with Gasteiger partial charge >= 0.3 is 0 Å². The van der Waals surface area contributed by atoms with E-state index in [1.807, 2.05) is 0 Å². The van der Waals surface area contributed by atoms with Crippen LogP contribution in [0.3, 0.4) is 0 Å². The van der Waals surface area contributed by atoms with E-state index in [0.29, 0.717) is 6.04 Å². The Morgan fingerprint density at radius 2 is 1.10 bits per heavy atom. The minimum Gasteiger partial charge on any atom is -0.332 e. The van der Waals surface area contributed by atoms with Gasteiger partial charge in [-0.2, -0.15) is 0 Å². The lowest BCUT2D eigenvalue weighted by Gasteiger charge is -2.14. The Labute approximate surface area is 189 Å². The summed E-state index contributed by atoms with van der Waals surface area (Å²) < 4.78 is 2.44. The van der Waals surface area contributed by atoms with Gasteiger partial charge in [-0.25, -0.2) is 4.98 Å². The first-order valence-corrected chi connectivity index (χ1v) is 13.7. The Bertz CT molecular complexity index is 491. The Morgan fingerprint density at radius 3 is 1.60 bits per heavy atom. The van der Waals surface area contributed by atoms with E-state index >= 15 is 0 Å². The third kappa shape index (κ3) is 13.5. The first-order chi connectivity index (χ1) is 14.7. The molecule has 1 heterocycles. The van der Waals surface area contributed by atoms with Crippen molar-refractivity contribution in [3.63, 3.8) is 0 Å². The van der Waals surface area contributed by atoms with Gasteiger partial charge in [0.2, 0.25) is 0 Å². The molecular formula is C28H54N2. The molecule has 1 aromatic heterocycles. The molecule has 1 rings (SSSR count). The number of imidazole rings is 1. The molecule has 1 unspecified atom stereocenters. The van der Waals surface area contributed by atoms with Crippen LogP contribution in [0, 0.1) is 6.92 Å². The third-order valence-corrected chi connectivity index (χ3v) is 6.70. The van der Waals surface area contributed by atoms with Crippen molar-refractivity contribution in [1.82, 2.24) is 9.55 Å². The molecule has 2 nitrogen and oxygen atoms in total. The van der Waals surface area contributed by atoms with Gasteiger partial charge < -0.3 is 4.57 Å². The van der Waals surface area contributed by atoms with Crippen LogP contribution in [-0.4, -0.2) is 9.55 Å². The van der Waals surface area contributed by atoms with E-state index in [0.717, 1.165) is 6.42 Å². The summed E-state index contributed by atoms with van der Waals surface area (Å²) in [7, 11) is 0. The molecule has 0 aliphatic carbocycles. The molecule has 0 spiro atoms. The van der Waals surface area contributed by atoms with Crippen molar-refractivity contribution < 1.29 is 0 Å². The van der Waals surface area contributed by atoms with Crippen molar-refractivity contribution in [3.05, 3.63) is 17.7 Å². The number of nitrogens with zero attached hydrogens (tertiary/aromatic N) is 2. The lowest BCUT2D eigenvalue weighted by Crippen LogP contribution is -2.05. The molecule has 176 valence electrons. The third-order valence-electron chi connectivity index (χ3n) is 6.70. The van der Waals surface area contributed by atoms with Crippen molar-refractivity contribution in [2.24, 2.45) is 0 Å². The second-order valence-corrected chi connectivity index (χ2v) is 9.73. The van der Waals surface area contributed by atoms with E-state index < -0.39 is 0 Å². The van der Waals surface area contributed by atoms with Crippen LogP contribution >= 0.6 is 0 Å². The van der Waals surface area contributed by atoms with Gasteiger partial charge in [0.25, 0.3) is 0 Å². The van der Waals surface area contributed by atoms with Gasteiger partial charge in [0.05, 0.1) is 5.69 Å². The molecule has 1 aromatic rings. The normalized spacial score (nSPS) is 12.5. The summed E-state index contributed by atoms with van der Waals surface area (Å²) in [4.78, 5) is 4.86. The van der Waals surface area contributed by atoms with E-state index in [9.17, 15) is 0 Å². The second kappa shape index (κ2) is 18.9. The van der Waals surface area contributed by atoms with Crippen molar-refractivity contribution in [3.8, 4) is 0 Å². The van der Waals surface area contributed by atoms with Gasteiger partial charge in [-0.05, 0) is 33.1 Å². The van der Waals surface area contributed by atoms with Gasteiger partial charge in [-0.3, -0.25) is 0 Å². The predicted octanol–water partition coefficient (Wildman–Crippen LogP) is 9.75. The van der Waals surface area contributed by atoms with Gasteiger partial charge in [0.1, 0.15) is 5.82 Å². The summed E-state index contributed by atoms with van der Waals surface area (Å²) in [5.74, 6) is 1.21. The number of unbranched alkanes of at least 4 members (excludes halogenated alkanes) is 16. The Morgan fingerprint density at radius 1 is 0.667 bits per heavy atom. The standard InChI is InChI=1S/C28H54N2/c1-5-7-9-11-13-15-16-18-20-22-24-28-25-30(27(4)29-28)26(3)23-21-19-17-14-12-10-8-6-2/h25-26H,5-24H2,1-4H3. The smallest absolute Gasteiger partial charge is 0.106 e. The average molecular weight is 419 g/mol. The lowest BCUT2D eigenvalue weighted by molar-refractivity contribution is 0.459. The van der Waals surface area contributed by atoms with Crippen LogP contribution in [0.2, 0.25) is 0 Å². The van der Waals surface area contributed by atoms with Crippen LogP contribution in [-0.2, 0) is 6.42 Å². The zero-order chi connectivity index (χ0) is 21.9. The SMILES string of the molecule is CCCCCCCCCCCCc1cn(C(C)CCCCCCCCCC)c(C)n1. The van der Waals surface area contributed by atoms with Gasteiger partial charge in [-0.15, -0.1) is 0 Å². The number of rotatable bonds is 21. The molecule has 30 heavy (non-hydrogen) atoms. The summed E-state index contributed by atoms with van der Waals surface area (Å²) in [5.41, 5.74) is 1.31. The maximum absolute atomic E-state index is 4.86. The number of aromatic nitrogens is 2. The van der Waals surface area contributed by atoms with Gasteiger partial charge in [0, 0.05) is 12.2 Å². The molecule has 0 aromatic carbocycles. The number of hydrogen-bond acceptors (Lipinski definition) is 1. The highest BCUT2D eigenvalue weighted by Gasteiger charge is 2.10. The molecular weight excluding hydrogens is 364 g/mol. The van der Waals surface area contributed by atoms with Crippen molar-refractivity contribution in [2.75, 3.05) is 0 Å². The van der Waals surface area contributed by atoms with Crippen LogP contribution in [0.15, 0.2) is 6.20 Å². The van der Waals surface area contributed by atoms with E-state index in [1.54, 1.807) is 0 Å². The largest absolute Gasteiger partial charge is 0.332 e. The molecule has 0 bridgehead atoms. The molecule has 0 aliphatic heterocycles. The minimum atomic E-state index is 0.596. The highest BCUT2D eigenvalue weighted by molar-refractivity contribution is 5.04. The number of hydrogen-bond donors (Lipinski definition) is 0. The van der Waals surface area contributed by atoms with Crippen LogP contribution in [0.5, 0.6) is 0 Å². The highest BCUT2D eigenvalue weighted by Crippen LogP contribution is 2.20. The second-order valence-electron chi connectivity index (χ2n) is 9.73. The molecule has 1 atom stereocenters. The van der Waals surface area contributed by atoms with E-state index in [-0.39, 0.29) is 0 Å². The number of aryl methyl sites for hydroxylation is 2. The van der Waals surface area contributed by atoms with E-state index in [1.165, 1.54) is 134 Å². The molecule has 0 N–H and O–H groups in total.